The van der Waals surface area contributed by atoms with Gasteiger partial charge in [0.1, 0.15) is 5.82 Å². The summed E-state index contributed by atoms with van der Waals surface area (Å²) in [6.07, 6.45) is 1.45. The molecule has 2 aromatic heterocycles. The normalized spacial score (nSPS) is 11.2. The molecule has 0 bridgehead atoms. The van der Waals surface area contributed by atoms with Crippen LogP contribution in [-0.4, -0.2) is 18.7 Å². The van der Waals surface area contributed by atoms with Gasteiger partial charge in [-0.15, -0.1) is 0 Å². The highest BCUT2D eigenvalue weighted by molar-refractivity contribution is 6.30. The number of fused-ring (bicyclic) bond motifs is 1. The number of hydrogen-bond donors (Lipinski definition) is 0. The molecule has 28 heavy (non-hydrogen) atoms. The van der Waals surface area contributed by atoms with Crippen LogP contribution in [0.4, 0.5) is 4.39 Å². The van der Waals surface area contributed by atoms with Crippen molar-refractivity contribution in [2.45, 2.75) is 20.0 Å². The van der Waals surface area contributed by atoms with Gasteiger partial charge in [-0.3, -0.25) is 9.36 Å². The van der Waals surface area contributed by atoms with Gasteiger partial charge >= 0.3 is 5.69 Å². The fourth-order valence-electron chi connectivity index (χ4n) is 3.21. The van der Waals surface area contributed by atoms with Crippen molar-refractivity contribution < 1.29 is 4.39 Å². The molecule has 0 spiro atoms. The lowest BCUT2D eigenvalue weighted by Crippen LogP contribution is -2.39. The van der Waals surface area contributed by atoms with Crippen LogP contribution < -0.4 is 11.2 Å². The quantitative estimate of drug-likeness (QED) is 0.530. The van der Waals surface area contributed by atoms with E-state index in [4.69, 9.17) is 11.6 Å². The van der Waals surface area contributed by atoms with E-state index in [9.17, 15) is 14.0 Å². The highest BCUT2D eigenvalue weighted by Gasteiger charge is 2.19. The lowest BCUT2D eigenvalue weighted by atomic mass is 10.2. The van der Waals surface area contributed by atoms with Crippen molar-refractivity contribution >= 4 is 22.8 Å². The molecule has 0 fully saturated rings. The molecule has 0 atom stereocenters. The molecule has 0 saturated carbocycles. The number of aromatic nitrogens is 4. The van der Waals surface area contributed by atoms with E-state index >= 15 is 0 Å². The Morgan fingerprint density at radius 1 is 1.07 bits per heavy atom. The smallest absolute Gasteiger partial charge is 0.320 e. The molecule has 0 saturated heterocycles. The minimum absolute atomic E-state index is 0.126. The molecule has 142 valence electrons. The summed E-state index contributed by atoms with van der Waals surface area (Å²) in [6.45, 7) is 2.05. The average molecular weight is 399 g/mol. The molecule has 0 aliphatic carbocycles. The van der Waals surface area contributed by atoms with Crippen molar-refractivity contribution in [2.24, 2.45) is 0 Å². The predicted molar refractivity (Wildman–Crippen MR) is 106 cm³/mol. The first-order valence-corrected chi connectivity index (χ1v) is 9.09. The SMILES string of the molecule is CCn1c(=O)c2c(ncn2Cc2ccccc2F)n(-c2ccc(Cl)cc2)c1=O. The second kappa shape index (κ2) is 7.09. The van der Waals surface area contributed by atoms with Crippen molar-refractivity contribution in [1.29, 1.82) is 0 Å². The first-order valence-electron chi connectivity index (χ1n) is 8.71. The Hall–Kier alpha value is -3.19. The summed E-state index contributed by atoms with van der Waals surface area (Å²) in [4.78, 5) is 30.2. The highest BCUT2D eigenvalue weighted by Crippen LogP contribution is 2.17. The van der Waals surface area contributed by atoms with Crippen molar-refractivity contribution in [3.63, 3.8) is 0 Å². The van der Waals surface area contributed by atoms with Gasteiger partial charge < -0.3 is 4.57 Å². The molecule has 0 radical (unpaired) electrons. The molecule has 0 amide bonds. The van der Waals surface area contributed by atoms with Crippen molar-refractivity contribution in [1.82, 2.24) is 18.7 Å². The Morgan fingerprint density at radius 2 is 1.79 bits per heavy atom. The summed E-state index contributed by atoms with van der Waals surface area (Å²) >= 11 is 5.95. The fraction of sp³-hybridized carbons (Fsp3) is 0.150. The molecule has 0 aliphatic rings. The van der Waals surface area contributed by atoms with E-state index in [-0.39, 0.29) is 30.1 Å². The summed E-state index contributed by atoms with van der Waals surface area (Å²) in [5.41, 5.74) is 0.476. The third-order valence-corrected chi connectivity index (χ3v) is 4.85. The van der Waals surface area contributed by atoms with Crippen molar-refractivity contribution in [2.75, 3.05) is 0 Å². The van der Waals surface area contributed by atoms with Gasteiger partial charge in [0.2, 0.25) is 0 Å². The zero-order valence-electron chi connectivity index (χ0n) is 15.0. The minimum Gasteiger partial charge on any atom is -0.320 e. The summed E-state index contributed by atoms with van der Waals surface area (Å²) in [5.74, 6) is -0.369. The lowest BCUT2D eigenvalue weighted by molar-refractivity contribution is 0.600. The molecule has 8 heteroatoms. The summed E-state index contributed by atoms with van der Waals surface area (Å²) in [6, 6.07) is 13.0. The minimum atomic E-state index is -0.488. The molecular formula is C20H16ClFN4O2. The Morgan fingerprint density at radius 3 is 2.46 bits per heavy atom. The molecule has 0 unspecified atom stereocenters. The van der Waals surface area contributed by atoms with E-state index in [1.54, 1.807) is 54.0 Å². The Labute approximate surface area is 164 Å². The van der Waals surface area contributed by atoms with Crippen LogP contribution >= 0.6 is 11.6 Å². The summed E-state index contributed by atoms with van der Waals surface area (Å²) in [5, 5.41) is 0.530. The van der Waals surface area contributed by atoms with Crippen molar-refractivity contribution in [3.05, 3.63) is 92.1 Å². The molecule has 4 rings (SSSR count). The maximum atomic E-state index is 14.1. The van der Waals surface area contributed by atoms with Gasteiger partial charge in [-0.2, -0.15) is 0 Å². The molecule has 2 aromatic carbocycles. The molecule has 6 nitrogen and oxygen atoms in total. The number of benzene rings is 2. The summed E-state index contributed by atoms with van der Waals surface area (Å²) in [7, 11) is 0. The van der Waals surface area contributed by atoms with Crippen LogP contribution in [0.1, 0.15) is 12.5 Å². The maximum absolute atomic E-state index is 14.1. The number of rotatable bonds is 4. The predicted octanol–water partition coefficient (Wildman–Crippen LogP) is 3.21. The second-order valence-corrected chi connectivity index (χ2v) is 6.72. The molecule has 0 N–H and O–H groups in total. The maximum Gasteiger partial charge on any atom is 0.337 e. The summed E-state index contributed by atoms with van der Waals surface area (Å²) < 4.78 is 18.2. The van der Waals surface area contributed by atoms with Gasteiger partial charge in [0.05, 0.1) is 18.6 Å². The van der Waals surface area contributed by atoms with Crippen LogP contribution in [0.5, 0.6) is 0 Å². The number of halogens is 2. The number of hydrogen-bond acceptors (Lipinski definition) is 3. The van der Waals surface area contributed by atoms with Crippen LogP contribution in [-0.2, 0) is 13.1 Å². The molecular weight excluding hydrogens is 383 g/mol. The third kappa shape index (κ3) is 2.93. The van der Waals surface area contributed by atoms with Crippen LogP contribution in [0.2, 0.25) is 5.02 Å². The zero-order valence-corrected chi connectivity index (χ0v) is 15.7. The Balaban J connectivity index is 2.00. The molecule has 4 aromatic rings. The molecule has 0 aliphatic heterocycles. The van der Waals surface area contributed by atoms with E-state index < -0.39 is 11.2 Å². The Bertz CT molecular complexity index is 1290. The van der Waals surface area contributed by atoms with E-state index in [0.29, 0.717) is 16.3 Å². The third-order valence-electron chi connectivity index (χ3n) is 4.60. The first-order chi connectivity index (χ1) is 13.5. The molecule has 2 heterocycles. The Kier molecular flexibility index (Phi) is 4.60. The van der Waals surface area contributed by atoms with Gasteiger partial charge in [-0.25, -0.2) is 18.7 Å². The van der Waals surface area contributed by atoms with Crippen LogP contribution in [0.25, 0.3) is 16.9 Å². The van der Waals surface area contributed by atoms with Gasteiger partial charge in [0.25, 0.3) is 5.56 Å². The topological polar surface area (TPSA) is 61.8 Å². The van der Waals surface area contributed by atoms with Crippen LogP contribution in [0.3, 0.4) is 0 Å². The van der Waals surface area contributed by atoms with Gasteiger partial charge in [-0.05, 0) is 37.3 Å². The van der Waals surface area contributed by atoms with Crippen LogP contribution in [0.15, 0.2) is 64.4 Å². The van der Waals surface area contributed by atoms with Crippen LogP contribution in [0, 0.1) is 5.82 Å². The first kappa shape index (κ1) is 18.2. The average Bonchev–Trinajstić information content (AvgIpc) is 3.09. The van der Waals surface area contributed by atoms with Crippen molar-refractivity contribution in [3.8, 4) is 5.69 Å². The van der Waals surface area contributed by atoms with Gasteiger partial charge in [-0.1, -0.05) is 29.8 Å². The fourth-order valence-corrected chi connectivity index (χ4v) is 3.34. The number of imidazole rings is 1. The second-order valence-electron chi connectivity index (χ2n) is 6.28. The number of nitrogens with zero attached hydrogens (tertiary/aromatic N) is 4. The zero-order chi connectivity index (χ0) is 19.8. The lowest BCUT2D eigenvalue weighted by Gasteiger charge is -2.12. The van der Waals surface area contributed by atoms with E-state index in [1.807, 2.05) is 0 Å². The van der Waals surface area contributed by atoms with Gasteiger partial charge in [0.15, 0.2) is 11.2 Å². The monoisotopic (exact) mass is 398 g/mol. The largest absolute Gasteiger partial charge is 0.337 e. The van der Waals surface area contributed by atoms with Gasteiger partial charge in [0, 0.05) is 17.1 Å². The van der Waals surface area contributed by atoms with E-state index in [0.717, 1.165) is 4.57 Å². The standard InChI is InChI=1S/C20H16ClFN4O2/c1-2-25-19(27)17-18(26(20(25)28)15-9-7-14(21)8-10-15)23-12-24(17)11-13-5-3-4-6-16(13)22/h3-10,12H,2,11H2,1H3. The highest BCUT2D eigenvalue weighted by atomic mass is 35.5. The van der Waals surface area contributed by atoms with E-state index in [2.05, 4.69) is 4.98 Å². The van der Waals surface area contributed by atoms with E-state index in [1.165, 1.54) is 17.0 Å².